The van der Waals surface area contributed by atoms with Crippen LogP contribution >= 0.6 is 0 Å². The summed E-state index contributed by atoms with van der Waals surface area (Å²) >= 11 is 0. The van der Waals surface area contributed by atoms with Gasteiger partial charge in [-0.25, -0.2) is 0 Å². The van der Waals surface area contributed by atoms with Gasteiger partial charge in [0.1, 0.15) is 6.61 Å². The van der Waals surface area contributed by atoms with Crippen LogP contribution in [0.15, 0.2) is 12.3 Å². The van der Waals surface area contributed by atoms with Gasteiger partial charge in [-0.1, -0.05) is 6.08 Å². The molecule has 4 heteroatoms. The van der Waals surface area contributed by atoms with Crippen LogP contribution in [-0.4, -0.2) is 32.7 Å². The number of ether oxygens (including phenoxy) is 1. The maximum Gasteiger partial charge on any atom is 0.234 e. The van der Waals surface area contributed by atoms with E-state index in [9.17, 15) is 4.79 Å². The molecule has 0 saturated heterocycles. The van der Waals surface area contributed by atoms with E-state index in [1.165, 1.54) is 0 Å². The maximum absolute atomic E-state index is 10.8. The average molecular weight is 172 g/mol. The van der Waals surface area contributed by atoms with E-state index in [-0.39, 0.29) is 5.91 Å². The smallest absolute Gasteiger partial charge is 0.234 e. The molecule has 70 valence electrons. The number of hydrogen-bond acceptors (Lipinski definition) is 3. The molecule has 0 aromatic carbocycles. The van der Waals surface area contributed by atoms with Crippen molar-refractivity contribution in [2.45, 2.75) is 6.92 Å². The topological polar surface area (TPSA) is 50.4 Å². The molecule has 0 saturated carbocycles. The van der Waals surface area contributed by atoms with Gasteiger partial charge in [-0.3, -0.25) is 4.79 Å². The zero-order chi connectivity index (χ0) is 9.23. The summed E-state index contributed by atoms with van der Waals surface area (Å²) in [6.45, 7) is 3.29. The molecule has 2 N–H and O–H groups in total. The van der Waals surface area contributed by atoms with E-state index in [2.05, 4.69) is 10.6 Å². The predicted molar refractivity (Wildman–Crippen MR) is 47.7 cm³/mol. The SMILES string of the molecule is CC=COCCNC(=O)CNC. The van der Waals surface area contributed by atoms with Crippen LogP contribution in [0.5, 0.6) is 0 Å². The number of hydrogen-bond donors (Lipinski definition) is 2. The summed E-state index contributed by atoms with van der Waals surface area (Å²) < 4.78 is 5.00. The van der Waals surface area contributed by atoms with E-state index in [1.807, 2.05) is 6.92 Å². The van der Waals surface area contributed by atoms with Gasteiger partial charge < -0.3 is 15.4 Å². The van der Waals surface area contributed by atoms with Gasteiger partial charge in [0.15, 0.2) is 0 Å². The van der Waals surface area contributed by atoms with Crippen molar-refractivity contribution in [3.05, 3.63) is 12.3 Å². The number of nitrogens with one attached hydrogen (secondary N) is 2. The van der Waals surface area contributed by atoms with Crippen molar-refractivity contribution in [1.82, 2.24) is 10.6 Å². The van der Waals surface area contributed by atoms with Crippen molar-refractivity contribution < 1.29 is 9.53 Å². The lowest BCUT2D eigenvalue weighted by Crippen LogP contribution is -2.34. The summed E-state index contributed by atoms with van der Waals surface area (Å²) in [5.74, 6) is -0.0124. The average Bonchev–Trinajstić information content (AvgIpc) is 2.05. The molecule has 12 heavy (non-hydrogen) atoms. The number of amides is 1. The van der Waals surface area contributed by atoms with Crippen LogP contribution in [0.4, 0.5) is 0 Å². The number of likely N-dealkylation sites (N-methyl/N-ethyl adjacent to an activating group) is 1. The Morgan fingerprint density at radius 2 is 2.33 bits per heavy atom. The standard InChI is InChI=1S/C8H16N2O2/c1-3-5-12-6-4-10-8(11)7-9-2/h3,5,9H,4,6-7H2,1-2H3,(H,10,11). The Balaban J connectivity index is 3.13. The highest BCUT2D eigenvalue weighted by Gasteiger charge is 1.95. The van der Waals surface area contributed by atoms with Crippen LogP contribution in [0.2, 0.25) is 0 Å². The molecular formula is C8H16N2O2. The molecule has 0 rings (SSSR count). The number of rotatable bonds is 6. The Kier molecular flexibility index (Phi) is 7.38. The zero-order valence-corrected chi connectivity index (χ0v) is 7.59. The van der Waals surface area contributed by atoms with Crippen LogP contribution in [0, 0.1) is 0 Å². The normalized spacial score (nSPS) is 10.2. The summed E-state index contributed by atoms with van der Waals surface area (Å²) in [6, 6.07) is 0. The van der Waals surface area contributed by atoms with Gasteiger partial charge in [-0.05, 0) is 14.0 Å². The predicted octanol–water partition coefficient (Wildman–Crippen LogP) is -0.128. The number of carbonyl (C=O) groups excluding carboxylic acids is 1. The summed E-state index contributed by atoms with van der Waals surface area (Å²) in [5, 5.41) is 5.43. The molecular weight excluding hydrogens is 156 g/mol. The van der Waals surface area contributed by atoms with E-state index in [1.54, 1.807) is 19.4 Å². The van der Waals surface area contributed by atoms with Crippen LogP contribution < -0.4 is 10.6 Å². The van der Waals surface area contributed by atoms with E-state index in [4.69, 9.17) is 4.74 Å². The maximum atomic E-state index is 10.8. The lowest BCUT2D eigenvalue weighted by molar-refractivity contribution is -0.120. The molecule has 0 aliphatic carbocycles. The van der Waals surface area contributed by atoms with Gasteiger partial charge in [0, 0.05) is 0 Å². The highest BCUT2D eigenvalue weighted by atomic mass is 16.5. The minimum Gasteiger partial charge on any atom is -0.500 e. The van der Waals surface area contributed by atoms with Gasteiger partial charge in [0.05, 0.1) is 19.4 Å². The molecule has 0 aromatic heterocycles. The van der Waals surface area contributed by atoms with Crippen molar-refractivity contribution in [1.29, 1.82) is 0 Å². The summed E-state index contributed by atoms with van der Waals surface area (Å²) in [4.78, 5) is 10.8. The van der Waals surface area contributed by atoms with Gasteiger partial charge in [0.2, 0.25) is 5.91 Å². The fourth-order valence-corrected chi connectivity index (χ4v) is 0.637. The van der Waals surface area contributed by atoms with Gasteiger partial charge in [-0.15, -0.1) is 0 Å². The lowest BCUT2D eigenvalue weighted by Gasteiger charge is -2.03. The molecule has 0 atom stereocenters. The quantitative estimate of drug-likeness (QED) is 0.433. The third kappa shape index (κ3) is 7.08. The van der Waals surface area contributed by atoms with E-state index >= 15 is 0 Å². The third-order valence-electron chi connectivity index (χ3n) is 1.11. The molecule has 0 fully saturated rings. The van der Waals surface area contributed by atoms with Crippen molar-refractivity contribution in [2.24, 2.45) is 0 Å². The summed E-state index contributed by atoms with van der Waals surface area (Å²) in [5.41, 5.74) is 0. The molecule has 0 heterocycles. The zero-order valence-electron chi connectivity index (χ0n) is 7.59. The van der Waals surface area contributed by atoms with Crippen LogP contribution in [0.3, 0.4) is 0 Å². The first kappa shape index (κ1) is 11.0. The molecule has 0 aliphatic heterocycles. The highest BCUT2D eigenvalue weighted by molar-refractivity contribution is 5.77. The molecule has 0 radical (unpaired) electrons. The Hall–Kier alpha value is -1.03. The first-order chi connectivity index (χ1) is 5.81. The summed E-state index contributed by atoms with van der Waals surface area (Å²) in [7, 11) is 1.73. The van der Waals surface area contributed by atoms with Gasteiger partial charge in [0.25, 0.3) is 0 Å². The van der Waals surface area contributed by atoms with Crippen LogP contribution in [0.25, 0.3) is 0 Å². The first-order valence-electron chi connectivity index (χ1n) is 3.95. The van der Waals surface area contributed by atoms with Crippen molar-refractivity contribution in [2.75, 3.05) is 26.7 Å². The number of allylic oxidation sites excluding steroid dienone is 1. The molecule has 4 nitrogen and oxygen atoms in total. The van der Waals surface area contributed by atoms with Crippen LogP contribution in [0.1, 0.15) is 6.92 Å². The minimum atomic E-state index is -0.0124. The Morgan fingerprint density at radius 3 is 2.92 bits per heavy atom. The first-order valence-corrected chi connectivity index (χ1v) is 3.95. The molecule has 0 bridgehead atoms. The van der Waals surface area contributed by atoms with Crippen molar-refractivity contribution in [3.8, 4) is 0 Å². The molecule has 0 spiro atoms. The Labute approximate surface area is 73.0 Å². The Morgan fingerprint density at radius 1 is 1.58 bits per heavy atom. The molecule has 0 unspecified atom stereocenters. The monoisotopic (exact) mass is 172 g/mol. The molecule has 1 amide bonds. The van der Waals surface area contributed by atoms with Crippen molar-refractivity contribution >= 4 is 5.91 Å². The fraction of sp³-hybridized carbons (Fsp3) is 0.625. The second-order valence-corrected chi connectivity index (χ2v) is 2.22. The van der Waals surface area contributed by atoms with E-state index in [0.29, 0.717) is 19.7 Å². The van der Waals surface area contributed by atoms with E-state index in [0.717, 1.165) is 0 Å². The van der Waals surface area contributed by atoms with Gasteiger partial charge in [-0.2, -0.15) is 0 Å². The molecule has 0 aliphatic rings. The molecule has 0 aromatic rings. The fourth-order valence-electron chi connectivity index (χ4n) is 0.637. The number of carbonyl (C=O) groups is 1. The second-order valence-electron chi connectivity index (χ2n) is 2.22. The summed E-state index contributed by atoms with van der Waals surface area (Å²) in [6.07, 6.45) is 3.40. The van der Waals surface area contributed by atoms with Gasteiger partial charge >= 0.3 is 0 Å². The largest absolute Gasteiger partial charge is 0.500 e. The van der Waals surface area contributed by atoms with Crippen molar-refractivity contribution in [3.63, 3.8) is 0 Å². The van der Waals surface area contributed by atoms with Crippen LogP contribution in [-0.2, 0) is 9.53 Å². The lowest BCUT2D eigenvalue weighted by atomic mass is 10.5. The van der Waals surface area contributed by atoms with E-state index < -0.39 is 0 Å². The minimum absolute atomic E-state index is 0.0124. The Bertz CT molecular complexity index is 146. The highest BCUT2D eigenvalue weighted by Crippen LogP contribution is 1.74. The third-order valence-corrected chi connectivity index (χ3v) is 1.11. The second kappa shape index (κ2) is 8.07.